The molecule has 1 fully saturated rings. The fraction of sp³-hybridized carbons (Fsp3) is 0.538. The maximum atomic E-state index is 11.5. The maximum Gasteiger partial charge on any atom is 0.175 e. The summed E-state index contributed by atoms with van der Waals surface area (Å²) in [6.45, 7) is 4.81. The van der Waals surface area contributed by atoms with E-state index >= 15 is 0 Å². The summed E-state index contributed by atoms with van der Waals surface area (Å²) in [5, 5.41) is 3.37. The normalized spacial score (nSPS) is 27.4. The van der Waals surface area contributed by atoms with E-state index in [0.29, 0.717) is 12.3 Å². The van der Waals surface area contributed by atoms with Gasteiger partial charge >= 0.3 is 0 Å². The van der Waals surface area contributed by atoms with Gasteiger partial charge in [0.1, 0.15) is 0 Å². The van der Waals surface area contributed by atoms with Crippen LogP contribution in [-0.2, 0) is 14.6 Å². The molecular formula is C13H20N2O3S. The Hall–Kier alpha value is -1.27. The van der Waals surface area contributed by atoms with Crippen molar-refractivity contribution in [3.05, 3.63) is 18.2 Å². The van der Waals surface area contributed by atoms with Crippen LogP contribution in [0.2, 0.25) is 0 Å². The first-order chi connectivity index (χ1) is 8.72. The van der Waals surface area contributed by atoms with Crippen molar-refractivity contribution in [2.75, 3.05) is 23.9 Å². The third-order valence-electron chi connectivity index (χ3n) is 3.76. The largest absolute Gasteiger partial charge is 0.397 e. The summed E-state index contributed by atoms with van der Waals surface area (Å²) < 4.78 is 28.5. The average Bonchev–Trinajstić information content (AvgIpc) is 2.61. The van der Waals surface area contributed by atoms with E-state index in [1.54, 1.807) is 12.1 Å². The summed E-state index contributed by atoms with van der Waals surface area (Å²) in [5.74, 6) is 0. The van der Waals surface area contributed by atoms with Crippen LogP contribution in [0.4, 0.5) is 11.4 Å². The van der Waals surface area contributed by atoms with Gasteiger partial charge in [0.2, 0.25) is 0 Å². The van der Waals surface area contributed by atoms with Crippen LogP contribution in [0.15, 0.2) is 23.1 Å². The lowest BCUT2D eigenvalue weighted by Crippen LogP contribution is -2.41. The van der Waals surface area contributed by atoms with Crippen molar-refractivity contribution in [2.45, 2.75) is 36.8 Å². The molecular weight excluding hydrogens is 264 g/mol. The Morgan fingerprint density at radius 3 is 2.63 bits per heavy atom. The van der Waals surface area contributed by atoms with E-state index in [1.807, 2.05) is 6.92 Å². The van der Waals surface area contributed by atoms with Gasteiger partial charge in [0, 0.05) is 12.9 Å². The number of anilines is 2. The summed E-state index contributed by atoms with van der Waals surface area (Å²) in [5.41, 5.74) is 6.93. The minimum atomic E-state index is -3.23. The first kappa shape index (κ1) is 14.1. The number of hydrogen-bond acceptors (Lipinski definition) is 5. The van der Waals surface area contributed by atoms with E-state index in [2.05, 4.69) is 12.2 Å². The lowest BCUT2D eigenvalue weighted by Gasteiger charge is -2.30. The monoisotopic (exact) mass is 284 g/mol. The molecule has 6 heteroatoms. The van der Waals surface area contributed by atoms with Crippen LogP contribution in [-0.4, -0.2) is 32.9 Å². The van der Waals surface area contributed by atoms with Gasteiger partial charge in [-0.2, -0.15) is 0 Å². The molecule has 3 N–H and O–H groups in total. The zero-order valence-electron chi connectivity index (χ0n) is 11.4. The third-order valence-corrected chi connectivity index (χ3v) is 4.87. The molecule has 1 heterocycles. The smallest absolute Gasteiger partial charge is 0.175 e. The molecule has 19 heavy (non-hydrogen) atoms. The van der Waals surface area contributed by atoms with Crippen molar-refractivity contribution >= 4 is 21.2 Å². The maximum absolute atomic E-state index is 11.5. The Kier molecular flexibility index (Phi) is 3.49. The van der Waals surface area contributed by atoms with E-state index in [4.69, 9.17) is 10.5 Å². The zero-order valence-corrected chi connectivity index (χ0v) is 12.3. The molecule has 0 aromatic heterocycles. The molecule has 2 atom stereocenters. The summed E-state index contributed by atoms with van der Waals surface area (Å²) in [7, 11) is -3.23. The molecule has 0 spiro atoms. The van der Waals surface area contributed by atoms with Gasteiger partial charge in [0.25, 0.3) is 0 Å². The summed E-state index contributed by atoms with van der Waals surface area (Å²) in [6.07, 6.45) is 2.14. The molecule has 1 aliphatic rings. The van der Waals surface area contributed by atoms with Crippen molar-refractivity contribution < 1.29 is 13.2 Å². The van der Waals surface area contributed by atoms with Crippen molar-refractivity contribution in [1.29, 1.82) is 0 Å². The highest BCUT2D eigenvalue weighted by molar-refractivity contribution is 7.90. The van der Waals surface area contributed by atoms with Crippen LogP contribution in [0.3, 0.4) is 0 Å². The number of ether oxygens (including phenoxy) is 1. The van der Waals surface area contributed by atoms with Gasteiger partial charge in [-0.3, -0.25) is 0 Å². The molecule has 0 aliphatic carbocycles. The molecule has 0 bridgehead atoms. The molecule has 2 rings (SSSR count). The Morgan fingerprint density at radius 1 is 1.47 bits per heavy atom. The fourth-order valence-corrected chi connectivity index (χ4v) is 2.85. The van der Waals surface area contributed by atoms with Crippen molar-refractivity contribution in [3.63, 3.8) is 0 Å². The molecule has 0 saturated carbocycles. The van der Waals surface area contributed by atoms with Crippen LogP contribution in [0.25, 0.3) is 0 Å². The van der Waals surface area contributed by atoms with Crippen LogP contribution in [0.1, 0.15) is 20.3 Å². The molecule has 1 aromatic rings. The predicted molar refractivity (Wildman–Crippen MR) is 76.0 cm³/mol. The Morgan fingerprint density at radius 2 is 2.16 bits per heavy atom. The van der Waals surface area contributed by atoms with Gasteiger partial charge in [-0.05, 0) is 38.5 Å². The number of nitrogens with two attached hydrogens (primary N) is 1. The highest BCUT2D eigenvalue weighted by atomic mass is 32.2. The van der Waals surface area contributed by atoms with Gasteiger partial charge in [0.05, 0.1) is 27.9 Å². The van der Waals surface area contributed by atoms with Crippen LogP contribution < -0.4 is 11.1 Å². The highest BCUT2D eigenvalue weighted by Gasteiger charge is 2.37. The number of nitrogen functional groups attached to an aromatic ring is 1. The van der Waals surface area contributed by atoms with Gasteiger partial charge < -0.3 is 15.8 Å². The number of benzene rings is 1. The Labute approximate surface area is 114 Å². The van der Waals surface area contributed by atoms with E-state index < -0.39 is 9.84 Å². The number of rotatable bonds is 3. The molecule has 2 unspecified atom stereocenters. The topological polar surface area (TPSA) is 81.4 Å². The predicted octanol–water partition coefficient (Wildman–Crippen LogP) is 1.65. The quantitative estimate of drug-likeness (QED) is 0.825. The third kappa shape index (κ3) is 2.84. The Balaban J connectivity index is 2.28. The van der Waals surface area contributed by atoms with Gasteiger partial charge in [-0.25, -0.2) is 8.42 Å². The number of nitrogens with one attached hydrogen (secondary N) is 1. The Bertz CT molecular complexity index is 586. The number of hydrogen-bond donors (Lipinski definition) is 2. The van der Waals surface area contributed by atoms with Crippen molar-refractivity contribution in [2.24, 2.45) is 0 Å². The highest BCUT2D eigenvalue weighted by Crippen LogP contribution is 2.32. The average molecular weight is 284 g/mol. The second-order valence-electron chi connectivity index (χ2n) is 5.33. The second-order valence-corrected chi connectivity index (χ2v) is 7.34. The van der Waals surface area contributed by atoms with Crippen molar-refractivity contribution in [3.8, 4) is 0 Å². The van der Waals surface area contributed by atoms with E-state index in [1.165, 1.54) is 12.3 Å². The molecule has 0 amide bonds. The summed E-state index contributed by atoms with van der Waals surface area (Å²) in [6, 6.07) is 4.77. The zero-order chi connectivity index (χ0) is 14.3. The van der Waals surface area contributed by atoms with Gasteiger partial charge in [-0.1, -0.05) is 0 Å². The van der Waals surface area contributed by atoms with Crippen LogP contribution >= 0.6 is 0 Å². The molecule has 5 nitrogen and oxygen atoms in total. The van der Waals surface area contributed by atoms with E-state index in [0.717, 1.165) is 12.1 Å². The van der Waals surface area contributed by atoms with Crippen LogP contribution in [0, 0.1) is 0 Å². The minimum absolute atomic E-state index is 0.0847. The second kappa shape index (κ2) is 4.68. The number of sulfone groups is 1. The van der Waals surface area contributed by atoms with Crippen molar-refractivity contribution in [1.82, 2.24) is 0 Å². The summed E-state index contributed by atoms with van der Waals surface area (Å²) in [4.78, 5) is 0.233. The summed E-state index contributed by atoms with van der Waals surface area (Å²) >= 11 is 0. The lowest BCUT2D eigenvalue weighted by molar-refractivity contribution is 0.105. The molecule has 1 aromatic carbocycles. The standard InChI is InChI=1S/C13H20N2O3S/c1-9-13(2,6-7-18-9)15-12-5-4-10(8-11(12)14)19(3,16)17/h4-5,8-9,15H,6-7,14H2,1-3H3. The molecule has 106 valence electrons. The van der Waals surface area contributed by atoms with E-state index in [-0.39, 0.29) is 16.5 Å². The van der Waals surface area contributed by atoms with Crippen LogP contribution in [0.5, 0.6) is 0 Å². The SMILES string of the molecule is CC1OCCC1(C)Nc1ccc(S(C)(=O)=O)cc1N. The first-order valence-corrected chi connectivity index (χ1v) is 8.11. The van der Waals surface area contributed by atoms with Gasteiger partial charge in [-0.15, -0.1) is 0 Å². The molecule has 1 aliphatic heterocycles. The van der Waals surface area contributed by atoms with E-state index in [9.17, 15) is 8.42 Å². The lowest BCUT2D eigenvalue weighted by atomic mass is 9.94. The molecule has 0 radical (unpaired) electrons. The minimum Gasteiger partial charge on any atom is -0.397 e. The molecule has 1 saturated heterocycles. The first-order valence-electron chi connectivity index (χ1n) is 6.22. The van der Waals surface area contributed by atoms with Gasteiger partial charge in [0.15, 0.2) is 9.84 Å². The fourth-order valence-electron chi connectivity index (χ4n) is 2.19.